The van der Waals surface area contributed by atoms with Gasteiger partial charge >= 0.3 is 0 Å². The van der Waals surface area contributed by atoms with Gasteiger partial charge in [-0.15, -0.1) is 12.4 Å². The zero-order valence-electron chi connectivity index (χ0n) is 15.9. The number of rotatable bonds is 6. The molecule has 6 nitrogen and oxygen atoms in total. The number of hydrogen-bond acceptors (Lipinski definition) is 4. The van der Waals surface area contributed by atoms with Gasteiger partial charge in [0.25, 0.3) is 5.91 Å². The maximum atomic E-state index is 12.8. The third-order valence-electron chi connectivity index (χ3n) is 5.40. The number of piperidine rings is 1. The smallest absolute Gasteiger partial charge is 0.260 e. The number of carbonyl (C=O) groups excluding carboxylic acids is 2. The first-order valence-electron chi connectivity index (χ1n) is 9.59. The first-order chi connectivity index (χ1) is 12.7. The second-order valence-corrected chi connectivity index (χ2v) is 7.14. The highest BCUT2D eigenvalue weighted by Crippen LogP contribution is 2.25. The predicted octanol–water partition coefficient (Wildman–Crippen LogP) is 1.94. The number of ether oxygens (including phenoxy) is 1. The number of para-hydroxylation sites is 1. The van der Waals surface area contributed by atoms with Crippen molar-refractivity contribution >= 4 is 24.2 Å². The van der Waals surface area contributed by atoms with Gasteiger partial charge in [-0.05, 0) is 44.9 Å². The van der Waals surface area contributed by atoms with Gasteiger partial charge in [0.2, 0.25) is 5.91 Å². The number of halogens is 1. The average Bonchev–Trinajstić information content (AvgIpc) is 3.15. The Morgan fingerprint density at radius 3 is 2.48 bits per heavy atom. The minimum Gasteiger partial charge on any atom is -0.484 e. The quantitative estimate of drug-likeness (QED) is 0.799. The second kappa shape index (κ2) is 10.5. The topological polar surface area (TPSA) is 61.9 Å². The van der Waals surface area contributed by atoms with Gasteiger partial charge in [-0.25, -0.2) is 0 Å². The van der Waals surface area contributed by atoms with Crippen LogP contribution in [0.2, 0.25) is 0 Å². The Bertz CT molecular complexity index is 606. The van der Waals surface area contributed by atoms with Crippen LogP contribution in [0.3, 0.4) is 0 Å². The molecule has 1 aromatic carbocycles. The third-order valence-corrected chi connectivity index (χ3v) is 5.40. The molecular formula is C20H30ClN3O3. The summed E-state index contributed by atoms with van der Waals surface area (Å²) in [5.74, 6) is 1.02. The number of carbonyl (C=O) groups is 2. The van der Waals surface area contributed by atoms with Gasteiger partial charge in [-0.3, -0.25) is 9.59 Å². The Hall–Kier alpha value is -1.79. The maximum Gasteiger partial charge on any atom is 0.260 e. The number of likely N-dealkylation sites (N-methyl/N-ethyl adjacent to an activating group) is 1. The largest absolute Gasteiger partial charge is 0.484 e. The van der Waals surface area contributed by atoms with Crippen molar-refractivity contribution < 1.29 is 14.3 Å². The van der Waals surface area contributed by atoms with Gasteiger partial charge in [-0.2, -0.15) is 0 Å². The van der Waals surface area contributed by atoms with Crippen LogP contribution in [-0.2, 0) is 9.59 Å². The first kappa shape index (κ1) is 21.5. The summed E-state index contributed by atoms with van der Waals surface area (Å²) < 4.78 is 5.54. The number of likely N-dealkylation sites (tertiary alicyclic amines) is 2. The van der Waals surface area contributed by atoms with Crippen LogP contribution < -0.4 is 10.1 Å². The molecule has 3 rings (SSSR count). The Balaban J connectivity index is 0.00000261. The lowest BCUT2D eigenvalue weighted by Gasteiger charge is -2.35. The molecule has 1 unspecified atom stereocenters. The van der Waals surface area contributed by atoms with E-state index in [-0.39, 0.29) is 36.7 Å². The highest BCUT2D eigenvalue weighted by atomic mass is 35.5. The highest BCUT2D eigenvalue weighted by Gasteiger charge is 2.35. The molecule has 2 fully saturated rings. The van der Waals surface area contributed by atoms with Gasteiger partial charge in [0.15, 0.2) is 6.61 Å². The van der Waals surface area contributed by atoms with Crippen molar-refractivity contribution in [1.29, 1.82) is 0 Å². The lowest BCUT2D eigenvalue weighted by molar-refractivity contribution is -0.142. The zero-order valence-corrected chi connectivity index (χ0v) is 16.7. The van der Waals surface area contributed by atoms with E-state index in [1.54, 1.807) is 0 Å². The van der Waals surface area contributed by atoms with Crippen LogP contribution >= 0.6 is 12.4 Å². The molecule has 1 aromatic rings. The number of hydrogen-bond donors (Lipinski definition) is 1. The molecule has 0 spiro atoms. The molecule has 2 amide bonds. The normalized spacial score (nSPS) is 20.3. The van der Waals surface area contributed by atoms with Crippen molar-refractivity contribution in [2.24, 2.45) is 5.92 Å². The SMILES string of the molecule is CNCC1CCCN1C(=O)C1CCN(C(=O)COc2ccccc2)CC1.Cl. The van der Waals surface area contributed by atoms with Crippen LogP contribution in [0.1, 0.15) is 25.7 Å². The second-order valence-electron chi connectivity index (χ2n) is 7.14. The van der Waals surface area contributed by atoms with E-state index in [9.17, 15) is 9.59 Å². The molecule has 0 radical (unpaired) electrons. The standard InChI is InChI=1S/C20H29N3O3.ClH/c1-21-14-17-6-5-11-23(17)20(25)16-9-12-22(13-10-16)19(24)15-26-18-7-3-2-4-8-18;/h2-4,7-8,16-17,21H,5-6,9-15H2,1H3;1H. The molecule has 1 atom stereocenters. The van der Waals surface area contributed by atoms with Crippen LogP contribution in [0.4, 0.5) is 0 Å². The molecule has 150 valence electrons. The van der Waals surface area contributed by atoms with E-state index in [2.05, 4.69) is 10.2 Å². The minimum absolute atomic E-state index is 0. The Kier molecular flexibility index (Phi) is 8.38. The van der Waals surface area contributed by atoms with Crippen molar-refractivity contribution in [2.45, 2.75) is 31.7 Å². The third kappa shape index (κ3) is 5.59. The molecule has 2 aliphatic heterocycles. The fraction of sp³-hybridized carbons (Fsp3) is 0.600. The van der Waals surface area contributed by atoms with Gasteiger partial charge < -0.3 is 19.9 Å². The van der Waals surface area contributed by atoms with Gasteiger partial charge in [0, 0.05) is 38.1 Å². The zero-order chi connectivity index (χ0) is 18.4. The molecule has 1 N–H and O–H groups in total. The lowest BCUT2D eigenvalue weighted by atomic mass is 9.95. The summed E-state index contributed by atoms with van der Waals surface area (Å²) in [5.41, 5.74) is 0. The lowest BCUT2D eigenvalue weighted by Crippen LogP contribution is -2.48. The summed E-state index contributed by atoms with van der Waals surface area (Å²) in [4.78, 5) is 29.1. The van der Waals surface area contributed by atoms with Crippen LogP contribution in [0.25, 0.3) is 0 Å². The van der Waals surface area contributed by atoms with Crippen LogP contribution in [0.5, 0.6) is 5.75 Å². The Morgan fingerprint density at radius 2 is 1.81 bits per heavy atom. The number of benzene rings is 1. The molecular weight excluding hydrogens is 366 g/mol. The highest BCUT2D eigenvalue weighted by molar-refractivity contribution is 5.85. The molecule has 7 heteroatoms. The van der Waals surface area contributed by atoms with E-state index >= 15 is 0 Å². The van der Waals surface area contributed by atoms with Crippen LogP contribution in [0, 0.1) is 5.92 Å². The Labute approximate surface area is 167 Å². The van der Waals surface area contributed by atoms with Crippen molar-refractivity contribution in [3.8, 4) is 5.75 Å². The fourth-order valence-corrected chi connectivity index (χ4v) is 3.94. The fourth-order valence-electron chi connectivity index (χ4n) is 3.94. The molecule has 2 heterocycles. The number of nitrogens with one attached hydrogen (secondary N) is 1. The summed E-state index contributed by atoms with van der Waals surface area (Å²) >= 11 is 0. The van der Waals surface area contributed by atoms with Crippen LogP contribution in [0.15, 0.2) is 30.3 Å². The van der Waals surface area contributed by atoms with E-state index in [0.717, 1.165) is 38.8 Å². The van der Waals surface area contributed by atoms with Gasteiger partial charge in [-0.1, -0.05) is 18.2 Å². The Morgan fingerprint density at radius 1 is 1.11 bits per heavy atom. The molecule has 0 aromatic heterocycles. The molecule has 2 aliphatic rings. The van der Waals surface area contributed by atoms with E-state index in [4.69, 9.17) is 4.74 Å². The molecule has 27 heavy (non-hydrogen) atoms. The van der Waals surface area contributed by atoms with Gasteiger partial charge in [0.05, 0.1) is 0 Å². The summed E-state index contributed by atoms with van der Waals surface area (Å²) in [7, 11) is 1.93. The van der Waals surface area contributed by atoms with Gasteiger partial charge in [0.1, 0.15) is 5.75 Å². The van der Waals surface area contributed by atoms with Crippen molar-refractivity contribution in [2.75, 3.05) is 39.8 Å². The number of amides is 2. The maximum absolute atomic E-state index is 12.8. The summed E-state index contributed by atoms with van der Waals surface area (Å²) in [6.45, 7) is 3.06. The van der Waals surface area contributed by atoms with Crippen LogP contribution in [-0.4, -0.2) is 67.5 Å². The summed E-state index contributed by atoms with van der Waals surface area (Å²) in [6, 6.07) is 9.70. The summed E-state index contributed by atoms with van der Waals surface area (Å²) in [5, 5.41) is 3.19. The van der Waals surface area contributed by atoms with Crippen molar-refractivity contribution in [3.05, 3.63) is 30.3 Å². The van der Waals surface area contributed by atoms with E-state index in [1.807, 2.05) is 42.3 Å². The van der Waals surface area contributed by atoms with Crippen molar-refractivity contribution in [3.63, 3.8) is 0 Å². The van der Waals surface area contributed by atoms with E-state index in [0.29, 0.717) is 24.9 Å². The minimum atomic E-state index is -0.00557. The molecule has 2 saturated heterocycles. The molecule has 0 aliphatic carbocycles. The van der Waals surface area contributed by atoms with Crippen molar-refractivity contribution in [1.82, 2.24) is 15.1 Å². The first-order valence-corrected chi connectivity index (χ1v) is 9.59. The predicted molar refractivity (Wildman–Crippen MR) is 107 cm³/mol. The summed E-state index contributed by atoms with van der Waals surface area (Å²) in [6.07, 6.45) is 3.67. The van der Waals surface area contributed by atoms with E-state index in [1.165, 1.54) is 0 Å². The number of nitrogens with zero attached hydrogens (tertiary/aromatic N) is 2. The molecule has 0 bridgehead atoms. The van der Waals surface area contributed by atoms with E-state index < -0.39 is 0 Å². The monoisotopic (exact) mass is 395 g/mol. The average molecular weight is 396 g/mol. The molecule has 0 saturated carbocycles.